The van der Waals surface area contributed by atoms with E-state index < -0.39 is 16.0 Å². The molecule has 0 fully saturated rings. The summed E-state index contributed by atoms with van der Waals surface area (Å²) in [5.74, 6) is -0.604. The smallest absolute Gasteiger partial charge is 0.340 e. The molecule has 1 aromatic heterocycles. The lowest BCUT2D eigenvalue weighted by Crippen LogP contribution is -2.39. The van der Waals surface area contributed by atoms with Gasteiger partial charge in [-0.25, -0.2) is 13.2 Å². The highest BCUT2D eigenvalue weighted by Gasteiger charge is 2.38. The molecule has 30 heavy (non-hydrogen) atoms. The molecule has 1 aromatic carbocycles. The maximum Gasteiger partial charge on any atom is 0.340 e. The second-order valence-electron chi connectivity index (χ2n) is 7.77. The predicted octanol–water partition coefficient (Wildman–Crippen LogP) is 2.02. The number of methoxy groups -OCH3 is 1. The first-order valence-electron chi connectivity index (χ1n) is 10.0. The first-order chi connectivity index (χ1) is 14.4. The van der Waals surface area contributed by atoms with E-state index >= 15 is 0 Å². The van der Waals surface area contributed by atoms with E-state index in [-0.39, 0.29) is 22.4 Å². The fraction of sp³-hybridized carbons (Fsp3) is 0.476. The van der Waals surface area contributed by atoms with Gasteiger partial charge >= 0.3 is 5.97 Å². The van der Waals surface area contributed by atoms with E-state index in [0.29, 0.717) is 39.0 Å². The van der Waals surface area contributed by atoms with Crippen LogP contribution in [0.25, 0.3) is 0 Å². The van der Waals surface area contributed by atoms with Gasteiger partial charge in [0, 0.05) is 37.1 Å². The zero-order chi connectivity index (χ0) is 21.5. The van der Waals surface area contributed by atoms with Crippen LogP contribution in [0.2, 0.25) is 0 Å². The molecule has 1 atom stereocenters. The molecule has 0 aliphatic carbocycles. The third-order valence-corrected chi connectivity index (χ3v) is 9.56. The van der Waals surface area contributed by atoms with Crippen LogP contribution in [0.1, 0.15) is 38.8 Å². The molecule has 0 spiro atoms. The van der Waals surface area contributed by atoms with Gasteiger partial charge in [-0.15, -0.1) is 11.3 Å². The Morgan fingerprint density at radius 3 is 2.63 bits per heavy atom. The highest BCUT2D eigenvalue weighted by atomic mass is 32.2. The van der Waals surface area contributed by atoms with Gasteiger partial charge in [-0.3, -0.25) is 4.90 Å². The molecule has 2 aliphatic rings. The van der Waals surface area contributed by atoms with E-state index in [9.17, 15) is 18.3 Å². The van der Waals surface area contributed by atoms with Crippen molar-refractivity contribution in [1.29, 1.82) is 0 Å². The molecular formula is C21H26N2O5S2. The van der Waals surface area contributed by atoms with Crippen molar-refractivity contribution >= 4 is 27.3 Å². The van der Waals surface area contributed by atoms with Crippen LogP contribution in [0, 0.1) is 0 Å². The minimum atomic E-state index is -3.84. The van der Waals surface area contributed by atoms with Crippen molar-refractivity contribution in [3.63, 3.8) is 0 Å². The van der Waals surface area contributed by atoms with Gasteiger partial charge in [0.1, 0.15) is 4.21 Å². The molecule has 7 nitrogen and oxygen atoms in total. The van der Waals surface area contributed by atoms with Crippen LogP contribution < -0.4 is 0 Å². The molecule has 1 N–H and O–H groups in total. The summed E-state index contributed by atoms with van der Waals surface area (Å²) in [4.78, 5) is 15.6. The maximum atomic E-state index is 13.6. The first kappa shape index (κ1) is 21.5. The van der Waals surface area contributed by atoms with Crippen LogP contribution in [0.3, 0.4) is 0 Å². The van der Waals surface area contributed by atoms with E-state index in [4.69, 9.17) is 4.74 Å². The normalized spacial score (nSPS) is 18.5. The van der Waals surface area contributed by atoms with Crippen LogP contribution in [0.4, 0.5) is 0 Å². The number of fused-ring (bicyclic) bond motifs is 2. The van der Waals surface area contributed by atoms with Gasteiger partial charge in [0.15, 0.2) is 0 Å². The Balaban J connectivity index is 1.73. The number of thiophene rings is 1. The Hall–Kier alpha value is -1.78. The Labute approximate surface area is 180 Å². The molecule has 162 valence electrons. The second-order valence-corrected chi connectivity index (χ2v) is 11.0. The Morgan fingerprint density at radius 1 is 1.20 bits per heavy atom. The quantitative estimate of drug-likeness (QED) is 0.702. The average Bonchev–Trinajstić information content (AvgIpc) is 3.17. The van der Waals surface area contributed by atoms with Gasteiger partial charge in [-0.1, -0.05) is 24.3 Å². The number of aliphatic hydroxyl groups excluding tert-OH is 1. The Kier molecular flexibility index (Phi) is 6.00. The van der Waals surface area contributed by atoms with Gasteiger partial charge in [0.25, 0.3) is 10.0 Å². The van der Waals surface area contributed by atoms with Crippen LogP contribution >= 0.6 is 11.3 Å². The summed E-state index contributed by atoms with van der Waals surface area (Å²) in [7, 11) is -2.56. The van der Waals surface area contributed by atoms with E-state index in [0.717, 1.165) is 21.6 Å². The van der Waals surface area contributed by atoms with Crippen molar-refractivity contribution in [2.45, 2.75) is 43.1 Å². The van der Waals surface area contributed by atoms with Crippen molar-refractivity contribution in [2.24, 2.45) is 0 Å². The molecule has 2 aromatic rings. The zero-order valence-corrected chi connectivity index (χ0v) is 18.8. The molecule has 4 rings (SSSR count). The highest BCUT2D eigenvalue weighted by Crippen LogP contribution is 2.39. The third kappa shape index (κ3) is 3.69. The van der Waals surface area contributed by atoms with Crippen LogP contribution in [0.15, 0.2) is 28.5 Å². The summed E-state index contributed by atoms with van der Waals surface area (Å²) in [6.07, 6.45) is 1.20. The minimum Gasteiger partial charge on any atom is -0.465 e. The maximum absolute atomic E-state index is 13.6. The number of rotatable bonds is 5. The summed E-state index contributed by atoms with van der Waals surface area (Å²) >= 11 is 1.17. The van der Waals surface area contributed by atoms with Gasteiger partial charge in [0.05, 0.1) is 19.3 Å². The van der Waals surface area contributed by atoms with Crippen molar-refractivity contribution < 1.29 is 23.1 Å². The number of ether oxygens (including phenoxy) is 1. The van der Waals surface area contributed by atoms with Crippen molar-refractivity contribution in [3.05, 3.63) is 51.4 Å². The van der Waals surface area contributed by atoms with Crippen molar-refractivity contribution in [3.8, 4) is 0 Å². The first-order valence-corrected chi connectivity index (χ1v) is 12.3. The summed E-state index contributed by atoms with van der Waals surface area (Å²) < 4.78 is 33.7. The number of hydrogen-bond acceptors (Lipinski definition) is 7. The Morgan fingerprint density at radius 2 is 1.93 bits per heavy atom. The number of carbonyl (C=O) groups is 1. The fourth-order valence-corrected chi connectivity index (χ4v) is 7.64. The number of carbonyl (C=O) groups excluding carboxylic acids is 1. The molecule has 0 bridgehead atoms. The van der Waals surface area contributed by atoms with Crippen LogP contribution in [0.5, 0.6) is 0 Å². The highest BCUT2D eigenvalue weighted by molar-refractivity contribution is 7.91. The van der Waals surface area contributed by atoms with Crippen molar-refractivity contribution in [1.82, 2.24) is 9.21 Å². The largest absolute Gasteiger partial charge is 0.465 e. The van der Waals surface area contributed by atoms with E-state index in [1.165, 1.54) is 22.8 Å². The minimum absolute atomic E-state index is 0.0273. The third-order valence-electron chi connectivity index (χ3n) is 6.00. The van der Waals surface area contributed by atoms with Gasteiger partial charge < -0.3 is 9.84 Å². The monoisotopic (exact) mass is 450 g/mol. The van der Waals surface area contributed by atoms with Gasteiger partial charge in [-0.2, -0.15) is 4.31 Å². The number of nitrogens with zero attached hydrogens (tertiary/aromatic N) is 2. The number of aliphatic hydroxyl groups is 1. The molecule has 0 saturated carbocycles. The number of sulfonamides is 1. The summed E-state index contributed by atoms with van der Waals surface area (Å²) in [6.45, 7) is 3.83. The molecule has 0 amide bonds. The number of hydrogen-bond donors (Lipinski definition) is 1. The molecule has 0 saturated heterocycles. The molecule has 0 unspecified atom stereocenters. The SMILES string of the molecule is COC(=O)c1c(S(=O)(=O)N2CCc3ccccc3C2)sc2c1CCN([C@H](C)CO)C2. The molecule has 2 aliphatic heterocycles. The van der Waals surface area contributed by atoms with Gasteiger partial charge in [-0.05, 0) is 36.5 Å². The summed E-state index contributed by atoms with van der Waals surface area (Å²) in [5, 5.41) is 9.49. The lowest BCUT2D eigenvalue weighted by Gasteiger charge is -2.31. The molecule has 9 heteroatoms. The molecule has 0 radical (unpaired) electrons. The number of benzene rings is 1. The fourth-order valence-electron chi connectivity index (χ4n) is 4.17. The predicted molar refractivity (Wildman–Crippen MR) is 114 cm³/mol. The molecular weight excluding hydrogens is 424 g/mol. The van der Waals surface area contributed by atoms with Crippen LogP contribution in [-0.4, -0.2) is 61.5 Å². The summed E-state index contributed by atoms with van der Waals surface area (Å²) in [5.41, 5.74) is 3.12. The standard InChI is InChI=1S/C21H26N2O5S2/c1-14(13-24)22-9-8-17-18(12-22)29-21(19(17)20(25)28-2)30(26,27)23-10-7-15-5-3-4-6-16(15)11-23/h3-6,14,24H,7-13H2,1-2H3/t14-/m1/s1. The average molecular weight is 451 g/mol. The van der Waals surface area contributed by atoms with Crippen molar-refractivity contribution in [2.75, 3.05) is 26.8 Å². The Bertz CT molecular complexity index is 1060. The van der Waals surface area contributed by atoms with E-state index in [2.05, 4.69) is 4.90 Å². The van der Waals surface area contributed by atoms with Crippen LogP contribution in [-0.2, 0) is 40.7 Å². The topological polar surface area (TPSA) is 87.2 Å². The lowest BCUT2D eigenvalue weighted by molar-refractivity contribution is 0.0594. The zero-order valence-electron chi connectivity index (χ0n) is 17.1. The molecule has 3 heterocycles. The summed E-state index contributed by atoms with van der Waals surface area (Å²) in [6, 6.07) is 7.83. The lowest BCUT2D eigenvalue weighted by atomic mass is 10.0. The van der Waals surface area contributed by atoms with E-state index in [1.54, 1.807) is 0 Å². The second kappa shape index (κ2) is 8.39. The number of esters is 1. The van der Waals surface area contributed by atoms with E-state index in [1.807, 2.05) is 31.2 Å². The van der Waals surface area contributed by atoms with Gasteiger partial charge in [0.2, 0.25) is 0 Å².